The molecule has 1 amide bonds. The van der Waals surface area contributed by atoms with Crippen LogP contribution in [0.3, 0.4) is 0 Å². The first-order chi connectivity index (χ1) is 10.8. The zero-order chi connectivity index (χ0) is 18.7. The highest BCUT2D eigenvalue weighted by atomic mass is 127. The van der Waals surface area contributed by atoms with E-state index in [2.05, 4.69) is 9.17 Å². The lowest BCUT2D eigenvalue weighted by atomic mass is 10.3. The summed E-state index contributed by atoms with van der Waals surface area (Å²) < 4.78 is 60.9. The molecule has 9 nitrogen and oxygen atoms in total. The Morgan fingerprint density at radius 2 is 1.92 bits per heavy atom. The number of nitrogens with one attached hydrogen (secondary N) is 1. The Labute approximate surface area is 145 Å². The highest BCUT2D eigenvalue weighted by molar-refractivity contribution is 14.1. The molecule has 2 N–H and O–H groups in total. The van der Waals surface area contributed by atoms with Crippen LogP contribution >= 0.6 is 22.6 Å². The van der Waals surface area contributed by atoms with E-state index in [4.69, 9.17) is 0 Å². The third kappa shape index (κ3) is 5.02. The summed E-state index contributed by atoms with van der Waals surface area (Å²) in [5.74, 6) is -4.06. The van der Waals surface area contributed by atoms with Crippen molar-refractivity contribution >= 4 is 48.2 Å². The molecule has 0 aliphatic rings. The van der Waals surface area contributed by atoms with Crippen LogP contribution in [0.5, 0.6) is 11.5 Å². The SMILES string of the molecule is O=C(I)C(=O)CNC(=O)c1ncc(OS(=O)(=O)C(F)(F)F)cc1O. The van der Waals surface area contributed by atoms with Crippen molar-refractivity contribution in [2.24, 2.45) is 0 Å². The fourth-order valence-electron chi connectivity index (χ4n) is 1.14. The Morgan fingerprint density at radius 1 is 1.33 bits per heavy atom. The molecule has 0 saturated carbocycles. The van der Waals surface area contributed by atoms with Crippen molar-refractivity contribution in [2.45, 2.75) is 5.51 Å². The van der Waals surface area contributed by atoms with Crippen molar-refractivity contribution in [3.63, 3.8) is 0 Å². The Bertz CT molecular complexity index is 794. The molecular weight excluding hydrogens is 476 g/mol. The largest absolute Gasteiger partial charge is 0.534 e. The Morgan fingerprint density at radius 3 is 2.38 bits per heavy atom. The van der Waals surface area contributed by atoms with Crippen molar-refractivity contribution in [3.8, 4) is 11.5 Å². The van der Waals surface area contributed by atoms with Crippen LogP contribution in [0.25, 0.3) is 0 Å². The van der Waals surface area contributed by atoms with Crippen molar-refractivity contribution < 1.29 is 45.3 Å². The maximum absolute atomic E-state index is 12.1. The van der Waals surface area contributed by atoms with E-state index in [1.54, 1.807) is 0 Å². The number of ketones is 1. The van der Waals surface area contributed by atoms with E-state index in [9.17, 15) is 41.1 Å². The van der Waals surface area contributed by atoms with Gasteiger partial charge in [-0.1, -0.05) is 0 Å². The van der Waals surface area contributed by atoms with Gasteiger partial charge in [-0.15, -0.1) is 0 Å². The maximum Gasteiger partial charge on any atom is 0.534 e. The van der Waals surface area contributed by atoms with Gasteiger partial charge >= 0.3 is 15.6 Å². The third-order valence-corrected chi connectivity index (χ3v) is 3.76. The summed E-state index contributed by atoms with van der Waals surface area (Å²) >= 11 is 1.19. The number of aromatic nitrogens is 1. The second kappa shape index (κ2) is 7.29. The molecule has 0 atom stereocenters. The fourth-order valence-corrected chi connectivity index (χ4v) is 1.77. The molecule has 0 saturated heterocycles. The van der Waals surface area contributed by atoms with Gasteiger partial charge in [0.05, 0.1) is 12.7 Å². The van der Waals surface area contributed by atoms with E-state index in [1.165, 1.54) is 22.6 Å². The van der Waals surface area contributed by atoms with E-state index in [0.29, 0.717) is 12.3 Å². The number of alkyl halides is 3. The molecule has 0 aliphatic carbocycles. The molecule has 0 radical (unpaired) electrons. The lowest BCUT2D eigenvalue weighted by molar-refractivity contribution is -0.130. The lowest BCUT2D eigenvalue weighted by Crippen LogP contribution is -2.32. The summed E-state index contributed by atoms with van der Waals surface area (Å²) in [6, 6.07) is 0.413. The monoisotopic (exact) mass is 482 g/mol. The average Bonchev–Trinajstić information content (AvgIpc) is 2.42. The smallest absolute Gasteiger partial charge is 0.505 e. The number of carbonyl (C=O) groups excluding carboxylic acids is 3. The molecule has 0 unspecified atom stereocenters. The van der Waals surface area contributed by atoms with Gasteiger partial charge in [-0.25, -0.2) is 4.98 Å². The van der Waals surface area contributed by atoms with Crippen LogP contribution in [0.2, 0.25) is 0 Å². The van der Waals surface area contributed by atoms with Crippen LogP contribution in [-0.4, -0.2) is 46.0 Å². The summed E-state index contributed by atoms with van der Waals surface area (Å²) in [5.41, 5.74) is -6.41. The third-order valence-electron chi connectivity index (χ3n) is 2.18. The number of rotatable bonds is 6. The standard InChI is InChI=1S/C10H6F3IN2O7S/c11-10(12,13)24(21,22)23-4-1-5(17)7(15-2-4)9(20)16-3-6(18)8(14)19/h1-2,17H,3H2,(H,16,20). The molecule has 0 aliphatic heterocycles. The van der Waals surface area contributed by atoms with Crippen LogP contribution in [-0.2, 0) is 19.7 Å². The molecule has 14 heteroatoms. The van der Waals surface area contributed by atoms with Gasteiger partial charge in [-0.05, 0) is 0 Å². The Balaban J connectivity index is 2.91. The first kappa shape index (κ1) is 20.1. The molecule has 1 aromatic heterocycles. The van der Waals surface area contributed by atoms with Gasteiger partial charge in [-0.3, -0.25) is 14.4 Å². The summed E-state index contributed by atoms with van der Waals surface area (Å²) in [4.78, 5) is 36.6. The quantitative estimate of drug-likeness (QED) is 0.194. The minimum Gasteiger partial charge on any atom is -0.505 e. The molecular formula is C10H6F3IN2O7S. The number of carbonyl (C=O) groups is 3. The van der Waals surface area contributed by atoms with Crippen molar-refractivity contribution in [1.82, 2.24) is 10.3 Å². The minimum absolute atomic E-state index is 0.413. The van der Waals surface area contributed by atoms with Crippen LogP contribution < -0.4 is 9.50 Å². The number of pyridine rings is 1. The molecule has 0 spiro atoms. The number of hydrogen-bond acceptors (Lipinski definition) is 8. The number of halogens is 4. The van der Waals surface area contributed by atoms with Gasteiger partial charge < -0.3 is 14.6 Å². The van der Waals surface area contributed by atoms with Gasteiger partial charge in [0.15, 0.2) is 17.2 Å². The number of aromatic hydroxyl groups is 1. The second-order valence-corrected chi connectivity index (χ2v) is 6.42. The molecule has 1 rings (SSSR count). The van der Waals surface area contributed by atoms with Gasteiger partial charge in [0, 0.05) is 28.7 Å². The molecule has 24 heavy (non-hydrogen) atoms. The molecule has 132 valence electrons. The zero-order valence-electron chi connectivity index (χ0n) is 11.1. The predicted octanol–water partition coefficient (Wildman–Crippen LogP) is 0.276. The van der Waals surface area contributed by atoms with Crippen molar-refractivity contribution in [2.75, 3.05) is 6.54 Å². The molecule has 0 bridgehead atoms. The van der Waals surface area contributed by atoms with Gasteiger partial charge in [0.25, 0.3) is 9.70 Å². The summed E-state index contributed by atoms with van der Waals surface area (Å²) in [6.07, 6.45) is 0.448. The van der Waals surface area contributed by atoms with E-state index >= 15 is 0 Å². The highest BCUT2D eigenvalue weighted by Gasteiger charge is 2.48. The lowest BCUT2D eigenvalue weighted by Gasteiger charge is -2.10. The topological polar surface area (TPSA) is 140 Å². The summed E-state index contributed by atoms with van der Waals surface area (Å²) in [6.45, 7) is -0.692. The zero-order valence-corrected chi connectivity index (χ0v) is 14.1. The minimum atomic E-state index is -5.97. The van der Waals surface area contributed by atoms with Crippen LogP contribution in [0, 0.1) is 0 Å². The van der Waals surface area contributed by atoms with E-state index < -0.39 is 54.8 Å². The number of amides is 1. The molecule has 0 fully saturated rings. The van der Waals surface area contributed by atoms with E-state index in [-0.39, 0.29) is 0 Å². The fraction of sp³-hybridized carbons (Fsp3) is 0.200. The second-order valence-electron chi connectivity index (χ2n) is 3.90. The van der Waals surface area contributed by atoms with Crippen LogP contribution in [0.1, 0.15) is 10.5 Å². The number of Topliss-reactive ketones (excluding diaryl/α,β-unsaturated/α-hetero) is 1. The Hall–Kier alpha value is -1.97. The van der Waals surface area contributed by atoms with Gasteiger partial charge in [-0.2, -0.15) is 21.6 Å². The van der Waals surface area contributed by atoms with Crippen LogP contribution in [0.15, 0.2) is 12.3 Å². The number of hydrogen-bond donors (Lipinski definition) is 2. The van der Waals surface area contributed by atoms with Crippen LogP contribution in [0.4, 0.5) is 13.2 Å². The van der Waals surface area contributed by atoms with Crippen molar-refractivity contribution in [3.05, 3.63) is 18.0 Å². The van der Waals surface area contributed by atoms with E-state index in [1.807, 2.05) is 5.32 Å². The first-order valence-electron chi connectivity index (χ1n) is 5.56. The average molecular weight is 482 g/mol. The van der Waals surface area contributed by atoms with Gasteiger partial charge in [0.2, 0.25) is 5.78 Å². The summed E-state index contributed by atoms with van der Waals surface area (Å²) in [5, 5.41) is 11.4. The normalized spacial score (nSPS) is 11.7. The maximum atomic E-state index is 12.1. The first-order valence-corrected chi connectivity index (χ1v) is 8.04. The molecule has 0 aromatic carbocycles. The summed E-state index contributed by atoms with van der Waals surface area (Å²) in [7, 11) is -5.97. The molecule has 1 heterocycles. The van der Waals surface area contributed by atoms with Gasteiger partial charge in [0.1, 0.15) is 0 Å². The highest BCUT2D eigenvalue weighted by Crippen LogP contribution is 2.28. The molecule has 1 aromatic rings. The predicted molar refractivity (Wildman–Crippen MR) is 77.9 cm³/mol. The van der Waals surface area contributed by atoms with Crippen molar-refractivity contribution in [1.29, 1.82) is 0 Å². The van der Waals surface area contributed by atoms with E-state index in [0.717, 1.165) is 0 Å². The Kier molecular flexibility index (Phi) is 6.09. The number of nitrogens with zero attached hydrogens (tertiary/aromatic N) is 1.